The fourth-order valence-electron chi connectivity index (χ4n) is 15.5. The van der Waals surface area contributed by atoms with Crippen molar-refractivity contribution < 1.29 is 44.4 Å². The highest BCUT2D eigenvalue weighted by Gasteiger charge is 2.66. The molecule has 7 N–H and O–H groups in total. The first-order chi connectivity index (χ1) is 26.7. The van der Waals surface area contributed by atoms with Crippen molar-refractivity contribution in [3.63, 3.8) is 0 Å². The summed E-state index contributed by atoms with van der Waals surface area (Å²) < 4.78 is 25.4. The summed E-state index contributed by atoms with van der Waals surface area (Å²) in [6, 6.07) is 0. The van der Waals surface area contributed by atoms with Gasteiger partial charge in [0.1, 0.15) is 13.0 Å². The number of quaternary nitrogens is 1. The van der Waals surface area contributed by atoms with Crippen LogP contribution in [-0.2, 0) is 23.7 Å². The van der Waals surface area contributed by atoms with Gasteiger partial charge in [0.05, 0.1) is 49.8 Å². The van der Waals surface area contributed by atoms with E-state index < -0.39 is 6.10 Å². The maximum atomic E-state index is 12.3. The van der Waals surface area contributed by atoms with Crippen molar-refractivity contribution in [2.24, 2.45) is 76.2 Å². The number of carbonyl (C=O) groups excluding carboxylic acids is 1. The van der Waals surface area contributed by atoms with E-state index >= 15 is 0 Å². The molecule has 8 rings (SSSR count). The second-order valence-electron chi connectivity index (χ2n) is 20.5. The Morgan fingerprint density at radius 1 is 0.891 bits per heavy atom. The number of methoxy groups -OCH3 is 1. The number of aliphatic hydroxyl groups is 3. The molecule has 10 heteroatoms. The number of aliphatic hydroxyl groups excluding tert-OH is 3. The first-order valence-corrected chi connectivity index (χ1v) is 23.2. The highest BCUT2D eigenvalue weighted by Crippen LogP contribution is 2.69. The van der Waals surface area contributed by atoms with E-state index in [0.717, 1.165) is 69.2 Å². The van der Waals surface area contributed by atoms with Crippen LogP contribution in [0.5, 0.6) is 0 Å². The number of ether oxygens (including phenoxy) is 4. The SMILES string of the molecule is COC1CC(C2OC3C(CCC4C5C(CC(O)CC5OCO)CC5(CCC(C(CCC6CCCCC6)C6CCC(N)[NH2+]C6)C5)C43)C2COC(C)=O)CCC1O. The molecule has 55 heavy (non-hydrogen) atoms. The molecule has 0 aromatic carbocycles. The van der Waals surface area contributed by atoms with Gasteiger partial charge in [-0.3, -0.25) is 10.5 Å². The second-order valence-corrected chi connectivity index (χ2v) is 20.5. The van der Waals surface area contributed by atoms with Crippen LogP contribution in [0.2, 0.25) is 0 Å². The van der Waals surface area contributed by atoms with E-state index in [9.17, 15) is 20.1 Å². The summed E-state index contributed by atoms with van der Waals surface area (Å²) in [5, 5.41) is 34.5. The summed E-state index contributed by atoms with van der Waals surface area (Å²) in [4.78, 5) is 12.3. The molecule has 0 radical (unpaired) electrons. The summed E-state index contributed by atoms with van der Waals surface area (Å²) in [5.74, 6) is 4.98. The second kappa shape index (κ2) is 17.8. The van der Waals surface area contributed by atoms with E-state index in [4.69, 9.17) is 24.7 Å². The van der Waals surface area contributed by atoms with Gasteiger partial charge in [-0.15, -0.1) is 0 Å². The quantitative estimate of drug-likeness (QED) is 0.146. The van der Waals surface area contributed by atoms with Crippen LogP contribution in [-0.4, -0.2) is 91.1 Å². The molecule has 0 amide bonds. The number of nitrogens with two attached hydrogens (primary N) is 2. The van der Waals surface area contributed by atoms with E-state index in [2.05, 4.69) is 5.32 Å². The van der Waals surface area contributed by atoms with Gasteiger partial charge in [-0.1, -0.05) is 38.5 Å². The first kappa shape index (κ1) is 40.9. The predicted octanol–water partition coefficient (Wildman–Crippen LogP) is 4.90. The zero-order valence-corrected chi connectivity index (χ0v) is 34.2. The first-order valence-electron chi connectivity index (χ1n) is 23.2. The zero-order chi connectivity index (χ0) is 38.3. The molecule has 18 unspecified atom stereocenters. The standard InChI is InChI=1S/C45H76N2O8/c1-26(49)53-24-36-34-12-13-35-41-31(18-32(50)20-39(41)54-25-48)22-45(42(35)44(34)55-43(36)28-9-14-37(51)38(19-28)52-2)17-16-29(21-45)33(30-10-15-40(46)47-23-30)11-8-27-6-4-3-5-7-27/h27-44,47-48,50-51H,3-25,46H2,1-2H3/p+1. The van der Waals surface area contributed by atoms with Gasteiger partial charge in [0, 0.05) is 32.3 Å². The molecule has 8 fully saturated rings. The number of piperidine rings is 1. The van der Waals surface area contributed by atoms with E-state index in [-0.39, 0.29) is 66.7 Å². The molecular weight excluding hydrogens is 697 g/mol. The van der Waals surface area contributed by atoms with E-state index in [0.29, 0.717) is 55.0 Å². The third-order valence-electron chi connectivity index (χ3n) is 17.8. The van der Waals surface area contributed by atoms with Crippen molar-refractivity contribution in [1.82, 2.24) is 0 Å². The van der Waals surface area contributed by atoms with Crippen LogP contribution in [0.15, 0.2) is 0 Å². The van der Waals surface area contributed by atoms with E-state index in [1.807, 2.05) is 0 Å². The Bertz CT molecular complexity index is 1260. The largest absolute Gasteiger partial charge is 0.465 e. The van der Waals surface area contributed by atoms with Crippen LogP contribution in [0.1, 0.15) is 135 Å². The topological polar surface area (TPSA) is 157 Å². The van der Waals surface area contributed by atoms with Gasteiger partial charge in [0.2, 0.25) is 0 Å². The van der Waals surface area contributed by atoms with Crippen molar-refractivity contribution in [2.75, 3.05) is 27.1 Å². The number of rotatable bonds is 11. The minimum atomic E-state index is -0.455. The minimum Gasteiger partial charge on any atom is -0.465 e. The Morgan fingerprint density at radius 3 is 2.45 bits per heavy atom. The molecular formula is C45H77N2O8+. The van der Waals surface area contributed by atoms with Crippen LogP contribution in [0.3, 0.4) is 0 Å². The molecule has 0 bridgehead atoms. The lowest BCUT2D eigenvalue weighted by Gasteiger charge is -2.61. The summed E-state index contributed by atoms with van der Waals surface area (Å²) in [7, 11) is 1.71. The van der Waals surface area contributed by atoms with Gasteiger partial charge in [0.25, 0.3) is 0 Å². The lowest BCUT2D eigenvalue weighted by Crippen LogP contribution is -2.95. The summed E-state index contributed by atoms with van der Waals surface area (Å²) >= 11 is 0. The van der Waals surface area contributed by atoms with Gasteiger partial charge < -0.3 is 39.6 Å². The van der Waals surface area contributed by atoms with Crippen molar-refractivity contribution in [2.45, 2.75) is 178 Å². The van der Waals surface area contributed by atoms with Crippen LogP contribution < -0.4 is 11.1 Å². The number of esters is 1. The van der Waals surface area contributed by atoms with Crippen molar-refractivity contribution in [3.8, 4) is 0 Å². The molecule has 2 saturated heterocycles. The Balaban J connectivity index is 1.12. The fourth-order valence-corrected chi connectivity index (χ4v) is 15.5. The van der Waals surface area contributed by atoms with Gasteiger partial charge in [0.15, 0.2) is 0 Å². The van der Waals surface area contributed by atoms with Crippen molar-refractivity contribution in [3.05, 3.63) is 0 Å². The molecule has 0 aromatic heterocycles. The van der Waals surface area contributed by atoms with E-state index in [1.54, 1.807) is 7.11 Å². The summed E-state index contributed by atoms with van der Waals surface area (Å²) in [6.07, 6.45) is 22.1. The minimum absolute atomic E-state index is 0.0342. The normalized spacial score (nSPS) is 48.2. The molecule has 18 atom stereocenters. The molecule has 8 aliphatic rings. The lowest BCUT2D eigenvalue weighted by molar-refractivity contribution is -0.704. The molecule has 2 aliphatic heterocycles. The molecule has 1 spiro atoms. The average molecular weight is 774 g/mol. The Labute approximate surface area is 331 Å². The number of fused-ring (bicyclic) bond motifs is 6. The number of carbonyl (C=O) groups is 1. The molecule has 314 valence electrons. The van der Waals surface area contributed by atoms with Gasteiger partial charge in [-0.05, 0) is 142 Å². The number of hydrogen-bond donors (Lipinski definition) is 5. The molecule has 10 nitrogen and oxygen atoms in total. The van der Waals surface area contributed by atoms with Gasteiger partial charge >= 0.3 is 5.97 Å². The van der Waals surface area contributed by atoms with Crippen molar-refractivity contribution in [1.29, 1.82) is 0 Å². The third-order valence-corrected chi connectivity index (χ3v) is 17.8. The van der Waals surface area contributed by atoms with E-state index in [1.165, 1.54) is 77.6 Å². The highest BCUT2D eigenvalue weighted by atomic mass is 16.6. The molecule has 6 aliphatic carbocycles. The maximum absolute atomic E-state index is 12.3. The summed E-state index contributed by atoms with van der Waals surface area (Å²) in [5.41, 5.74) is 6.59. The van der Waals surface area contributed by atoms with Gasteiger partial charge in [-0.2, -0.15) is 0 Å². The summed E-state index contributed by atoms with van der Waals surface area (Å²) in [6.45, 7) is 2.77. The monoisotopic (exact) mass is 774 g/mol. The molecule has 2 heterocycles. The third kappa shape index (κ3) is 8.47. The van der Waals surface area contributed by atoms with Crippen LogP contribution >= 0.6 is 0 Å². The predicted molar refractivity (Wildman–Crippen MR) is 208 cm³/mol. The highest BCUT2D eigenvalue weighted by molar-refractivity contribution is 5.65. The van der Waals surface area contributed by atoms with Crippen LogP contribution in [0.4, 0.5) is 0 Å². The Kier molecular flexibility index (Phi) is 13.2. The van der Waals surface area contributed by atoms with Crippen molar-refractivity contribution >= 4 is 5.97 Å². The van der Waals surface area contributed by atoms with Gasteiger partial charge in [-0.25, -0.2) is 0 Å². The lowest BCUT2D eigenvalue weighted by atomic mass is 9.45. The molecule has 0 aromatic rings. The molecule has 6 saturated carbocycles. The average Bonchev–Trinajstić information content (AvgIpc) is 3.76. The Morgan fingerprint density at radius 2 is 1.71 bits per heavy atom. The van der Waals surface area contributed by atoms with Crippen LogP contribution in [0, 0.1) is 70.5 Å². The fraction of sp³-hybridized carbons (Fsp3) is 0.978. The van der Waals surface area contributed by atoms with Crippen LogP contribution in [0.25, 0.3) is 0 Å². The zero-order valence-electron chi connectivity index (χ0n) is 34.2. The Hall–Kier alpha value is -0.850. The number of hydrogen-bond acceptors (Lipinski definition) is 9. The maximum Gasteiger partial charge on any atom is 0.302 e. The smallest absolute Gasteiger partial charge is 0.302 e.